The fourth-order valence-electron chi connectivity index (χ4n) is 1.23. The lowest BCUT2D eigenvalue weighted by atomic mass is 10.1. The van der Waals surface area contributed by atoms with Crippen LogP contribution in [0.5, 0.6) is 0 Å². The Kier molecular flexibility index (Phi) is 3.64. The van der Waals surface area contributed by atoms with Gasteiger partial charge in [0.05, 0.1) is 6.10 Å². The number of aliphatic hydroxyl groups is 1. The van der Waals surface area contributed by atoms with Crippen molar-refractivity contribution in [2.24, 2.45) is 5.92 Å². The normalized spacial score (nSPS) is 19.2. The molecule has 0 spiro atoms. The van der Waals surface area contributed by atoms with Gasteiger partial charge in [0.15, 0.2) is 9.84 Å². The molecule has 1 fully saturated rings. The van der Waals surface area contributed by atoms with E-state index in [0.29, 0.717) is 0 Å². The van der Waals surface area contributed by atoms with Gasteiger partial charge in [0.2, 0.25) is 5.91 Å². The summed E-state index contributed by atoms with van der Waals surface area (Å²) in [6, 6.07) is 0. The molecule has 0 aromatic carbocycles. The van der Waals surface area contributed by atoms with Crippen LogP contribution in [0.1, 0.15) is 26.7 Å². The Balaban J connectivity index is 2.51. The van der Waals surface area contributed by atoms with Crippen LogP contribution < -0.4 is 5.32 Å². The number of hydrogen-bond acceptors (Lipinski definition) is 4. The third-order valence-electron chi connectivity index (χ3n) is 3.11. The highest BCUT2D eigenvalue weighted by Gasteiger charge is 2.39. The molecule has 1 atom stereocenters. The molecule has 16 heavy (non-hydrogen) atoms. The quantitative estimate of drug-likeness (QED) is 0.700. The van der Waals surface area contributed by atoms with Crippen LogP contribution in [-0.4, -0.2) is 43.1 Å². The monoisotopic (exact) mass is 249 g/mol. The molecule has 94 valence electrons. The molecule has 5 nitrogen and oxygen atoms in total. The zero-order chi connectivity index (χ0) is 12.6. The van der Waals surface area contributed by atoms with E-state index in [1.165, 1.54) is 13.8 Å². The number of amides is 1. The zero-order valence-electron chi connectivity index (χ0n) is 9.86. The molecule has 1 amide bonds. The van der Waals surface area contributed by atoms with E-state index in [9.17, 15) is 18.3 Å². The van der Waals surface area contributed by atoms with Gasteiger partial charge in [0.1, 0.15) is 4.75 Å². The van der Waals surface area contributed by atoms with Gasteiger partial charge in [-0.2, -0.15) is 0 Å². The standard InChI is InChI=1S/C10H19NO4S/c1-10(2,16(3,14)15)9(13)11-6-8(12)7-4-5-7/h7-8,12H,4-6H2,1-3H3,(H,11,13). The van der Waals surface area contributed by atoms with Gasteiger partial charge < -0.3 is 10.4 Å². The van der Waals surface area contributed by atoms with Gasteiger partial charge in [0.25, 0.3) is 0 Å². The highest BCUT2D eigenvalue weighted by Crippen LogP contribution is 2.32. The molecule has 6 heteroatoms. The van der Waals surface area contributed by atoms with Crippen molar-refractivity contribution in [2.75, 3.05) is 12.8 Å². The number of nitrogens with one attached hydrogen (secondary N) is 1. The topological polar surface area (TPSA) is 83.5 Å². The predicted octanol–water partition coefficient (Wildman–Crippen LogP) is -0.303. The molecule has 0 aliphatic heterocycles. The molecule has 0 aromatic heterocycles. The molecule has 1 saturated carbocycles. The number of rotatable bonds is 5. The number of sulfone groups is 1. The molecular weight excluding hydrogens is 230 g/mol. The highest BCUT2D eigenvalue weighted by molar-refractivity contribution is 7.92. The van der Waals surface area contributed by atoms with Gasteiger partial charge in [0, 0.05) is 12.8 Å². The van der Waals surface area contributed by atoms with Crippen molar-refractivity contribution in [3.8, 4) is 0 Å². The van der Waals surface area contributed by atoms with Gasteiger partial charge in [-0.05, 0) is 32.6 Å². The van der Waals surface area contributed by atoms with E-state index in [1.54, 1.807) is 0 Å². The first-order valence-corrected chi connectivity index (χ1v) is 7.21. The molecular formula is C10H19NO4S. The van der Waals surface area contributed by atoms with Crippen molar-refractivity contribution in [2.45, 2.75) is 37.5 Å². The molecule has 0 bridgehead atoms. The third-order valence-corrected chi connectivity index (χ3v) is 5.15. The first kappa shape index (κ1) is 13.4. The summed E-state index contributed by atoms with van der Waals surface area (Å²) in [5, 5.41) is 12.0. The summed E-state index contributed by atoms with van der Waals surface area (Å²) in [4.78, 5) is 11.7. The summed E-state index contributed by atoms with van der Waals surface area (Å²) in [6.45, 7) is 2.85. The van der Waals surface area contributed by atoms with Crippen LogP contribution in [0.3, 0.4) is 0 Å². The van der Waals surface area contributed by atoms with E-state index in [-0.39, 0.29) is 12.5 Å². The summed E-state index contributed by atoms with van der Waals surface area (Å²) in [6.07, 6.45) is 2.43. The first-order chi connectivity index (χ1) is 7.16. The summed E-state index contributed by atoms with van der Waals surface area (Å²) in [5.74, 6) is -0.295. The van der Waals surface area contributed by atoms with Crippen molar-refractivity contribution in [1.82, 2.24) is 5.32 Å². The number of aliphatic hydroxyl groups excluding tert-OH is 1. The van der Waals surface area contributed by atoms with Crippen LogP contribution in [0.25, 0.3) is 0 Å². The average Bonchev–Trinajstić information content (AvgIpc) is 2.94. The number of carbonyl (C=O) groups is 1. The van der Waals surface area contributed by atoms with Crippen LogP contribution in [0, 0.1) is 5.92 Å². The largest absolute Gasteiger partial charge is 0.391 e. The zero-order valence-corrected chi connectivity index (χ0v) is 10.7. The van der Waals surface area contributed by atoms with Crippen molar-refractivity contribution in [3.05, 3.63) is 0 Å². The Bertz CT molecular complexity index is 370. The minimum absolute atomic E-state index is 0.127. The van der Waals surface area contributed by atoms with Crippen molar-refractivity contribution in [1.29, 1.82) is 0 Å². The highest BCUT2D eigenvalue weighted by atomic mass is 32.2. The molecule has 2 N–H and O–H groups in total. The third kappa shape index (κ3) is 2.95. The Labute approximate surface area is 96.1 Å². The van der Waals surface area contributed by atoms with Crippen molar-refractivity contribution < 1.29 is 18.3 Å². The van der Waals surface area contributed by atoms with E-state index >= 15 is 0 Å². The van der Waals surface area contributed by atoms with Gasteiger partial charge in [-0.15, -0.1) is 0 Å². The predicted molar refractivity (Wildman–Crippen MR) is 60.7 cm³/mol. The number of carbonyl (C=O) groups excluding carboxylic acids is 1. The van der Waals surface area contributed by atoms with Crippen LogP contribution in [0.2, 0.25) is 0 Å². The number of hydrogen-bond donors (Lipinski definition) is 2. The fraction of sp³-hybridized carbons (Fsp3) is 0.900. The van der Waals surface area contributed by atoms with Crippen LogP contribution >= 0.6 is 0 Å². The van der Waals surface area contributed by atoms with Gasteiger partial charge >= 0.3 is 0 Å². The maximum Gasteiger partial charge on any atom is 0.240 e. The second-order valence-corrected chi connectivity index (χ2v) is 7.46. The van der Waals surface area contributed by atoms with Gasteiger partial charge in [-0.25, -0.2) is 8.42 Å². The van der Waals surface area contributed by atoms with E-state index in [0.717, 1.165) is 19.1 Å². The van der Waals surface area contributed by atoms with Crippen molar-refractivity contribution in [3.63, 3.8) is 0 Å². The summed E-state index contributed by atoms with van der Waals surface area (Å²) < 4.78 is 21.3. The molecule has 1 aliphatic rings. The molecule has 0 heterocycles. The molecule has 0 saturated heterocycles. The minimum atomic E-state index is -3.45. The Morgan fingerprint density at radius 1 is 1.50 bits per heavy atom. The molecule has 1 unspecified atom stereocenters. The Morgan fingerprint density at radius 3 is 2.38 bits per heavy atom. The summed E-state index contributed by atoms with van der Waals surface area (Å²) in [7, 11) is -3.45. The van der Waals surface area contributed by atoms with Crippen LogP contribution in [-0.2, 0) is 14.6 Å². The fourth-order valence-corrected chi connectivity index (χ4v) is 1.64. The van der Waals surface area contributed by atoms with Crippen LogP contribution in [0.15, 0.2) is 0 Å². The van der Waals surface area contributed by atoms with Gasteiger partial charge in [-0.3, -0.25) is 4.79 Å². The van der Waals surface area contributed by atoms with Crippen LogP contribution in [0.4, 0.5) is 0 Å². The molecule has 1 rings (SSSR count). The van der Waals surface area contributed by atoms with E-state index in [1.807, 2.05) is 0 Å². The summed E-state index contributed by atoms with van der Waals surface area (Å²) in [5.41, 5.74) is 0. The van der Waals surface area contributed by atoms with E-state index in [4.69, 9.17) is 0 Å². The lowest BCUT2D eigenvalue weighted by molar-refractivity contribution is -0.123. The van der Waals surface area contributed by atoms with Gasteiger partial charge in [-0.1, -0.05) is 0 Å². The second-order valence-electron chi connectivity index (χ2n) is 4.90. The molecule has 0 aromatic rings. The average molecular weight is 249 g/mol. The lowest BCUT2D eigenvalue weighted by Crippen LogP contribution is -2.49. The van der Waals surface area contributed by atoms with E-state index in [2.05, 4.69) is 5.32 Å². The Morgan fingerprint density at radius 2 is 2.00 bits per heavy atom. The maximum absolute atomic E-state index is 11.7. The lowest BCUT2D eigenvalue weighted by Gasteiger charge is -2.22. The maximum atomic E-state index is 11.7. The molecule has 0 radical (unpaired) electrons. The SMILES string of the molecule is CC(C)(C(=O)NCC(O)C1CC1)S(C)(=O)=O. The Hall–Kier alpha value is -0.620. The second kappa shape index (κ2) is 4.33. The summed E-state index contributed by atoms with van der Waals surface area (Å²) >= 11 is 0. The first-order valence-electron chi connectivity index (χ1n) is 5.32. The van der Waals surface area contributed by atoms with E-state index < -0.39 is 26.6 Å². The van der Waals surface area contributed by atoms with Crippen molar-refractivity contribution >= 4 is 15.7 Å². The smallest absolute Gasteiger partial charge is 0.240 e. The minimum Gasteiger partial charge on any atom is -0.391 e. The molecule has 1 aliphatic carbocycles.